The second-order valence-electron chi connectivity index (χ2n) is 11.0. The van der Waals surface area contributed by atoms with Crippen LogP contribution in [0.15, 0.2) is 114 Å². The molecule has 4 aromatic carbocycles. The van der Waals surface area contributed by atoms with E-state index in [0.29, 0.717) is 37.6 Å². The Balaban J connectivity index is 1.51. The molecule has 0 spiro atoms. The number of carbonyl (C=O) groups excluding carboxylic acids is 1. The minimum Gasteiger partial charge on any atom is -0.494 e. The minimum absolute atomic E-state index is 0.0788. The van der Waals surface area contributed by atoms with Crippen LogP contribution < -0.4 is 15.6 Å². The molecule has 3 N–H and O–H groups in total. The number of hydrogen-bond acceptors (Lipinski definition) is 6. The standard InChI is InChI=1S/C37H41N3O4/c1-2-3-10-24-38-40-36(42)37(27-28-12-6-4-7-13-28)34(31-18-16-30(17-19-31)29-14-8-5-9-15-29)44-35(39-37)32-20-22-33(23-21-32)43-26-11-25-41/h4-9,12-23,34,38,41H,2-3,10-11,24-27H2,1H3,(H,40,42)/t34-,37-/m0/s1. The topological polar surface area (TPSA) is 92.2 Å². The van der Waals surface area contributed by atoms with Crippen LogP contribution >= 0.6 is 0 Å². The van der Waals surface area contributed by atoms with Gasteiger partial charge < -0.3 is 14.6 Å². The molecule has 5 rings (SSSR count). The number of aliphatic hydroxyl groups is 1. The largest absolute Gasteiger partial charge is 0.494 e. The molecule has 0 saturated heterocycles. The van der Waals surface area contributed by atoms with Gasteiger partial charge in [0.05, 0.1) is 6.61 Å². The van der Waals surface area contributed by atoms with Gasteiger partial charge in [0.2, 0.25) is 5.90 Å². The molecular weight excluding hydrogens is 550 g/mol. The summed E-state index contributed by atoms with van der Waals surface area (Å²) in [6.07, 6.45) is 3.39. The fourth-order valence-electron chi connectivity index (χ4n) is 5.38. The molecular formula is C37H41N3O4. The fourth-order valence-corrected chi connectivity index (χ4v) is 5.38. The first-order valence-electron chi connectivity index (χ1n) is 15.5. The maximum Gasteiger partial charge on any atom is 0.266 e. The van der Waals surface area contributed by atoms with E-state index in [4.69, 9.17) is 19.6 Å². The van der Waals surface area contributed by atoms with E-state index in [1.165, 1.54) is 0 Å². The predicted octanol–water partition coefficient (Wildman–Crippen LogP) is 6.43. The molecule has 7 heteroatoms. The summed E-state index contributed by atoms with van der Waals surface area (Å²) in [6, 6.07) is 35.9. The Hall–Kier alpha value is -4.46. The van der Waals surface area contributed by atoms with Crippen molar-refractivity contribution in [3.63, 3.8) is 0 Å². The first-order valence-corrected chi connectivity index (χ1v) is 15.5. The van der Waals surface area contributed by atoms with Crippen LogP contribution in [0.4, 0.5) is 0 Å². The molecule has 2 atom stereocenters. The predicted molar refractivity (Wildman–Crippen MR) is 174 cm³/mol. The smallest absolute Gasteiger partial charge is 0.266 e. The zero-order valence-corrected chi connectivity index (χ0v) is 25.2. The average Bonchev–Trinajstić information content (AvgIpc) is 3.46. The molecule has 1 aliphatic rings. The maximum absolute atomic E-state index is 14.3. The van der Waals surface area contributed by atoms with Crippen LogP contribution in [0.1, 0.15) is 55.4 Å². The van der Waals surface area contributed by atoms with Gasteiger partial charge in [-0.2, -0.15) is 0 Å². The lowest BCUT2D eigenvalue weighted by Crippen LogP contribution is -2.54. The van der Waals surface area contributed by atoms with Crippen molar-refractivity contribution >= 4 is 11.8 Å². The first-order chi connectivity index (χ1) is 21.6. The molecule has 0 bridgehead atoms. The van der Waals surface area contributed by atoms with Crippen molar-refractivity contribution in [2.24, 2.45) is 4.99 Å². The second-order valence-corrected chi connectivity index (χ2v) is 11.0. The molecule has 1 heterocycles. The van der Waals surface area contributed by atoms with Crippen LogP contribution in [0.3, 0.4) is 0 Å². The quantitative estimate of drug-likeness (QED) is 0.110. The molecule has 0 unspecified atom stereocenters. The van der Waals surface area contributed by atoms with Crippen molar-refractivity contribution < 1.29 is 19.4 Å². The number of ether oxygens (including phenoxy) is 2. The van der Waals surface area contributed by atoms with E-state index in [-0.39, 0.29) is 12.5 Å². The van der Waals surface area contributed by atoms with E-state index in [9.17, 15) is 4.79 Å². The lowest BCUT2D eigenvalue weighted by atomic mass is 9.82. The molecule has 0 aliphatic carbocycles. The van der Waals surface area contributed by atoms with Gasteiger partial charge in [-0.05, 0) is 52.9 Å². The van der Waals surface area contributed by atoms with Crippen LogP contribution in [0.25, 0.3) is 11.1 Å². The van der Waals surface area contributed by atoms with Gasteiger partial charge >= 0.3 is 0 Å². The molecule has 0 fully saturated rings. The van der Waals surface area contributed by atoms with Gasteiger partial charge in [0.25, 0.3) is 5.91 Å². The number of hydrazine groups is 1. The number of aliphatic hydroxyl groups excluding tert-OH is 1. The number of unbranched alkanes of at least 4 members (excludes halogenated alkanes) is 2. The van der Waals surface area contributed by atoms with Crippen LogP contribution in [-0.4, -0.2) is 42.2 Å². The Morgan fingerprint density at radius 3 is 2.18 bits per heavy atom. The number of carbonyl (C=O) groups is 1. The SMILES string of the molecule is CCCCCNNC(=O)[C@@]1(Cc2ccccc2)N=C(c2ccc(OCCCO)cc2)O[C@H]1c1ccc(-c2ccccc2)cc1. The summed E-state index contributed by atoms with van der Waals surface area (Å²) < 4.78 is 12.4. The van der Waals surface area contributed by atoms with Crippen LogP contribution in [0.2, 0.25) is 0 Å². The zero-order chi connectivity index (χ0) is 30.6. The van der Waals surface area contributed by atoms with Crippen molar-refractivity contribution in [1.82, 2.24) is 10.9 Å². The third-order valence-electron chi connectivity index (χ3n) is 7.77. The van der Waals surface area contributed by atoms with Gasteiger partial charge in [0.1, 0.15) is 5.75 Å². The number of nitrogens with one attached hydrogen (secondary N) is 2. The van der Waals surface area contributed by atoms with E-state index in [0.717, 1.165) is 47.1 Å². The molecule has 4 aromatic rings. The summed E-state index contributed by atoms with van der Waals surface area (Å²) >= 11 is 0. The van der Waals surface area contributed by atoms with Crippen molar-refractivity contribution in [2.45, 2.75) is 50.7 Å². The van der Waals surface area contributed by atoms with Crippen LogP contribution in [0.5, 0.6) is 5.75 Å². The molecule has 228 valence electrons. The third-order valence-corrected chi connectivity index (χ3v) is 7.77. The average molecular weight is 592 g/mol. The highest BCUT2D eigenvalue weighted by Gasteiger charge is 2.53. The highest BCUT2D eigenvalue weighted by atomic mass is 16.5. The number of benzene rings is 4. The van der Waals surface area contributed by atoms with Gasteiger partial charge in [0, 0.05) is 31.6 Å². The molecule has 44 heavy (non-hydrogen) atoms. The van der Waals surface area contributed by atoms with Gasteiger partial charge in [-0.1, -0.05) is 105 Å². The van der Waals surface area contributed by atoms with Crippen molar-refractivity contribution in [3.05, 3.63) is 126 Å². The number of aliphatic imine (C=N–C) groups is 1. The van der Waals surface area contributed by atoms with Crippen LogP contribution in [0, 0.1) is 0 Å². The van der Waals surface area contributed by atoms with Crippen LogP contribution in [-0.2, 0) is 16.0 Å². The monoisotopic (exact) mass is 591 g/mol. The summed E-state index contributed by atoms with van der Waals surface area (Å²) in [5.74, 6) is 0.855. The lowest BCUT2D eigenvalue weighted by Gasteiger charge is -2.31. The highest BCUT2D eigenvalue weighted by Crippen LogP contribution is 2.43. The molecule has 7 nitrogen and oxygen atoms in total. The summed E-state index contributed by atoms with van der Waals surface area (Å²) in [4.78, 5) is 19.4. The van der Waals surface area contributed by atoms with Gasteiger partial charge in [-0.3, -0.25) is 10.2 Å². The summed E-state index contributed by atoms with van der Waals surface area (Å²) in [7, 11) is 0. The second kappa shape index (κ2) is 15.3. The van der Waals surface area contributed by atoms with Gasteiger partial charge in [0.15, 0.2) is 11.6 Å². The van der Waals surface area contributed by atoms with Crippen molar-refractivity contribution in [1.29, 1.82) is 0 Å². The Kier molecular flexibility index (Phi) is 10.8. The molecule has 0 aromatic heterocycles. The number of nitrogens with zero attached hydrogens (tertiary/aromatic N) is 1. The molecule has 1 aliphatic heterocycles. The fraction of sp³-hybridized carbons (Fsp3) is 0.297. The Morgan fingerprint density at radius 2 is 1.50 bits per heavy atom. The first kappa shape index (κ1) is 31.0. The Labute approximate surface area is 259 Å². The van der Waals surface area contributed by atoms with E-state index >= 15 is 0 Å². The van der Waals surface area contributed by atoms with E-state index < -0.39 is 11.6 Å². The normalized spacial score (nSPS) is 17.5. The third kappa shape index (κ3) is 7.54. The number of rotatable bonds is 15. The van der Waals surface area contributed by atoms with Gasteiger partial charge in [-0.25, -0.2) is 10.4 Å². The molecule has 1 amide bonds. The van der Waals surface area contributed by atoms with E-state index in [1.54, 1.807) is 0 Å². The highest BCUT2D eigenvalue weighted by molar-refractivity contribution is 6.01. The van der Waals surface area contributed by atoms with Gasteiger partial charge in [-0.15, -0.1) is 0 Å². The number of amides is 1. The number of hydrogen-bond donors (Lipinski definition) is 3. The summed E-state index contributed by atoms with van der Waals surface area (Å²) in [5, 5.41) is 9.07. The maximum atomic E-state index is 14.3. The van der Waals surface area contributed by atoms with Crippen molar-refractivity contribution in [3.8, 4) is 16.9 Å². The molecule has 0 radical (unpaired) electrons. The lowest BCUT2D eigenvalue weighted by molar-refractivity contribution is -0.130. The molecule has 0 saturated carbocycles. The Morgan fingerprint density at radius 1 is 0.841 bits per heavy atom. The zero-order valence-electron chi connectivity index (χ0n) is 25.2. The summed E-state index contributed by atoms with van der Waals surface area (Å²) in [5.41, 5.74) is 9.66. The summed E-state index contributed by atoms with van der Waals surface area (Å²) in [6.45, 7) is 3.34. The van der Waals surface area contributed by atoms with E-state index in [1.807, 2.05) is 84.9 Å². The van der Waals surface area contributed by atoms with Crippen molar-refractivity contribution in [2.75, 3.05) is 19.8 Å². The Bertz CT molecular complexity index is 1490. The minimum atomic E-state index is -1.26. The van der Waals surface area contributed by atoms with E-state index in [2.05, 4.69) is 42.0 Å².